The van der Waals surface area contributed by atoms with E-state index in [4.69, 9.17) is 5.73 Å². The Bertz CT molecular complexity index is 312. The summed E-state index contributed by atoms with van der Waals surface area (Å²) in [6.07, 6.45) is 9.04. The van der Waals surface area contributed by atoms with Crippen molar-refractivity contribution >= 4 is 0 Å². The largest absolute Gasteiger partial charge is 0.324 e. The van der Waals surface area contributed by atoms with Crippen molar-refractivity contribution < 1.29 is 0 Å². The normalized spacial score (nSPS) is 21.6. The number of aryl methyl sites for hydroxylation is 1. The molecule has 1 aromatic rings. The monoisotopic (exact) mass is 193 g/mol. The zero-order chi connectivity index (χ0) is 10.2. The fourth-order valence-electron chi connectivity index (χ4n) is 2.26. The molecule has 3 heteroatoms. The van der Waals surface area contributed by atoms with Gasteiger partial charge in [0.1, 0.15) is 0 Å². The van der Waals surface area contributed by atoms with Crippen molar-refractivity contribution in [3.63, 3.8) is 0 Å². The third-order valence-electron chi connectivity index (χ3n) is 3.43. The van der Waals surface area contributed by atoms with Gasteiger partial charge in [-0.2, -0.15) is 5.10 Å². The van der Waals surface area contributed by atoms with Gasteiger partial charge in [-0.05, 0) is 24.7 Å². The third kappa shape index (κ3) is 1.82. The molecule has 0 radical (unpaired) electrons. The lowest BCUT2D eigenvalue weighted by molar-refractivity contribution is 0.134. The van der Waals surface area contributed by atoms with Crippen molar-refractivity contribution in [3.8, 4) is 0 Å². The number of hydrogen-bond donors (Lipinski definition) is 1. The zero-order valence-corrected chi connectivity index (χ0v) is 9.03. The number of nitrogens with two attached hydrogens (primary N) is 1. The molecule has 0 bridgehead atoms. The van der Waals surface area contributed by atoms with Crippen LogP contribution < -0.4 is 5.73 Å². The molecular weight excluding hydrogens is 174 g/mol. The molecule has 1 heterocycles. The van der Waals surface area contributed by atoms with Gasteiger partial charge in [0, 0.05) is 24.8 Å². The molecule has 1 fully saturated rings. The SMILES string of the molecule is Cn1cc(C(N)CC2(C)CCC2)cn1. The van der Waals surface area contributed by atoms with Gasteiger partial charge in [0.15, 0.2) is 0 Å². The summed E-state index contributed by atoms with van der Waals surface area (Å²) in [7, 11) is 1.93. The van der Waals surface area contributed by atoms with E-state index in [1.54, 1.807) is 0 Å². The van der Waals surface area contributed by atoms with Crippen LogP contribution in [-0.4, -0.2) is 9.78 Å². The molecule has 3 nitrogen and oxygen atoms in total. The first-order valence-corrected chi connectivity index (χ1v) is 5.33. The Balaban J connectivity index is 1.98. The van der Waals surface area contributed by atoms with Crippen LogP contribution in [0.4, 0.5) is 0 Å². The molecule has 0 saturated heterocycles. The molecule has 1 atom stereocenters. The molecule has 1 aliphatic rings. The molecule has 1 saturated carbocycles. The minimum atomic E-state index is 0.161. The summed E-state index contributed by atoms with van der Waals surface area (Å²) >= 11 is 0. The van der Waals surface area contributed by atoms with Crippen molar-refractivity contribution in [2.75, 3.05) is 0 Å². The van der Waals surface area contributed by atoms with Crippen LogP contribution in [0.25, 0.3) is 0 Å². The molecule has 1 aliphatic carbocycles. The van der Waals surface area contributed by atoms with Crippen molar-refractivity contribution in [2.45, 2.75) is 38.6 Å². The second-order valence-electron chi connectivity index (χ2n) is 4.92. The molecule has 1 unspecified atom stereocenters. The quantitative estimate of drug-likeness (QED) is 0.798. The lowest BCUT2D eigenvalue weighted by Gasteiger charge is -2.40. The van der Waals surface area contributed by atoms with E-state index in [0.29, 0.717) is 5.41 Å². The smallest absolute Gasteiger partial charge is 0.0537 e. The van der Waals surface area contributed by atoms with Crippen LogP contribution in [-0.2, 0) is 7.05 Å². The van der Waals surface area contributed by atoms with Crippen molar-refractivity contribution in [3.05, 3.63) is 18.0 Å². The van der Waals surface area contributed by atoms with E-state index in [9.17, 15) is 0 Å². The van der Waals surface area contributed by atoms with Gasteiger partial charge in [0.05, 0.1) is 6.20 Å². The van der Waals surface area contributed by atoms with Gasteiger partial charge in [0.2, 0.25) is 0 Å². The predicted molar refractivity (Wildman–Crippen MR) is 56.7 cm³/mol. The highest BCUT2D eigenvalue weighted by Crippen LogP contribution is 2.45. The Morgan fingerprint density at radius 3 is 2.79 bits per heavy atom. The lowest BCUT2D eigenvalue weighted by atomic mass is 9.66. The van der Waals surface area contributed by atoms with Gasteiger partial charge in [-0.25, -0.2) is 0 Å². The van der Waals surface area contributed by atoms with Gasteiger partial charge in [-0.1, -0.05) is 13.3 Å². The van der Waals surface area contributed by atoms with E-state index in [1.165, 1.54) is 24.8 Å². The topological polar surface area (TPSA) is 43.8 Å². The Morgan fingerprint density at radius 2 is 2.36 bits per heavy atom. The van der Waals surface area contributed by atoms with Crippen LogP contribution in [0, 0.1) is 5.41 Å². The summed E-state index contributed by atoms with van der Waals surface area (Å²) in [5.74, 6) is 0. The minimum absolute atomic E-state index is 0.161. The van der Waals surface area contributed by atoms with Crippen LogP contribution in [0.1, 0.15) is 44.2 Å². The fraction of sp³-hybridized carbons (Fsp3) is 0.727. The lowest BCUT2D eigenvalue weighted by Crippen LogP contribution is -2.30. The second-order valence-corrected chi connectivity index (χ2v) is 4.92. The van der Waals surface area contributed by atoms with Gasteiger partial charge in [-0.15, -0.1) is 0 Å². The summed E-state index contributed by atoms with van der Waals surface area (Å²) in [6.45, 7) is 2.34. The van der Waals surface area contributed by atoms with E-state index >= 15 is 0 Å². The fourth-order valence-corrected chi connectivity index (χ4v) is 2.26. The summed E-state index contributed by atoms with van der Waals surface area (Å²) < 4.78 is 1.82. The van der Waals surface area contributed by atoms with Crippen LogP contribution in [0.15, 0.2) is 12.4 Å². The van der Waals surface area contributed by atoms with Gasteiger partial charge < -0.3 is 5.73 Å². The van der Waals surface area contributed by atoms with Crippen LogP contribution in [0.3, 0.4) is 0 Å². The zero-order valence-electron chi connectivity index (χ0n) is 9.03. The molecular formula is C11H19N3. The second kappa shape index (κ2) is 3.39. The van der Waals surface area contributed by atoms with Crippen molar-refractivity contribution in [1.82, 2.24) is 9.78 Å². The standard InChI is InChI=1S/C11H19N3/c1-11(4-3-5-11)6-10(12)9-7-13-14(2)8-9/h7-8,10H,3-6,12H2,1-2H3. The van der Waals surface area contributed by atoms with Crippen LogP contribution in [0.2, 0.25) is 0 Å². The third-order valence-corrected chi connectivity index (χ3v) is 3.43. The van der Waals surface area contributed by atoms with E-state index < -0.39 is 0 Å². The molecule has 0 aliphatic heterocycles. The number of nitrogens with zero attached hydrogens (tertiary/aromatic N) is 2. The summed E-state index contributed by atoms with van der Waals surface area (Å²) in [5, 5.41) is 4.15. The molecule has 1 aromatic heterocycles. The maximum Gasteiger partial charge on any atom is 0.0537 e. The summed E-state index contributed by atoms with van der Waals surface area (Å²) in [4.78, 5) is 0. The summed E-state index contributed by atoms with van der Waals surface area (Å²) in [5.41, 5.74) is 7.81. The first-order chi connectivity index (χ1) is 6.59. The molecule has 2 rings (SSSR count). The Kier molecular flexibility index (Phi) is 2.35. The average Bonchev–Trinajstić information content (AvgIpc) is 2.49. The Labute approximate surface area is 85.3 Å². The molecule has 0 amide bonds. The first-order valence-electron chi connectivity index (χ1n) is 5.33. The number of hydrogen-bond acceptors (Lipinski definition) is 2. The highest BCUT2D eigenvalue weighted by Gasteiger charge is 2.33. The average molecular weight is 193 g/mol. The van der Waals surface area contributed by atoms with Crippen molar-refractivity contribution in [1.29, 1.82) is 0 Å². The van der Waals surface area contributed by atoms with E-state index in [2.05, 4.69) is 12.0 Å². The number of aromatic nitrogens is 2. The van der Waals surface area contributed by atoms with Gasteiger partial charge in [-0.3, -0.25) is 4.68 Å². The Morgan fingerprint density at radius 1 is 1.64 bits per heavy atom. The Hall–Kier alpha value is -0.830. The van der Waals surface area contributed by atoms with Gasteiger partial charge in [0.25, 0.3) is 0 Å². The van der Waals surface area contributed by atoms with Crippen molar-refractivity contribution in [2.24, 2.45) is 18.2 Å². The molecule has 0 spiro atoms. The molecule has 2 N–H and O–H groups in total. The van der Waals surface area contributed by atoms with Crippen LogP contribution >= 0.6 is 0 Å². The van der Waals surface area contributed by atoms with E-state index in [1.807, 2.05) is 24.1 Å². The predicted octanol–water partition coefficient (Wildman–Crippen LogP) is 2.00. The minimum Gasteiger partial charge on any atom is -0.324 e. The summed E-state index contributed by atoms with van der Waals surface area (Å²) in [6, 6.07) is 0.161. The molecule has 0 aromatic carbocycles. The molecule has 78 valence electrons. The van der Waals surface area contributed by atoms with E-state index in [-0.39, 0.29) is 6.04 Å². The highest BCUT2D eigenvalue weighted by molar-refractivity contribution is 5.10. The maximum absolute atomic E-state index is 6.15. The molecule has 14 heavy (non-hydrogen) atoms. The van der Waals surface area contributed by atoms with E-state index in [0.717, 1.165) is 6.42 Å². The number of rotatable bonds is 3. The van der Waals surface area contributed by atoms with Crippen LogP contribution in [0.5, 0.6) is 0 Å². The maximum atomic E-state index is 6.15. The highest BCUT2D eigenvalue weighted by atomic mass is 15.2. The first kappa shape index (κ1) is 9.71. The van der Waals surface area contributed by atoms with Gasteiger partial charge >= 0.3 is 0 Å².